The molecule has 6 nitrogen and oxygen atoms in total. The van der Waals surface area contributed by atoms with Crippen LogP contribution in [0, 0.1) is 0 Å². The summed E-state index contributed by atoms with van der Waals surface area (Å²) in [4.78, 5) is 12.6. The molecule has 1 aromatic carbocycles. The number of aromatic nitrogens is 4. The van der Waals surface area contributed by atoms with Gasteiger partial charge in [0, 0.05) is 10.5 Å². The summed E-state index contributed by atoms with van der Waals surface area (Å²) in [5.41, 5.74) is -0.324. The van der Waals surface area contributed by atoms with Crippen molar-refractivity contribution in [2.24, 2.45) is 0 Å². The van der Waals surface area contributed by atoms with Crippen LogP contribution in [0.25, 0.3) is 11.4 Å². The van der Waals surface area contributed by atoms with Gasteiger partial charge in [-0.1, -0.05) is 19.1 Å². The van der Waals surface area contributed by atoms with Crippen LogP contribution in [0.2, 0.25) is 0 Å². The predicted octanol–water partition coefficient (Wildman–Crippen LogP) is 2.27. The van der Waals surface area contributed by atoms with Crippen molar-refractivity contribution in [2.75, 3.05) is 6.26 Å². The van der Waals surface area contributed by atoms with Gasteiger partial charge in [-0.05, 0) is 42.2 Å². The quantitative estimate of drug-likeness (QED) is 0.851. The van der Waals surface area contributed by atoms with Crippen molar-refractivity contribution < 1.29 is 9.90 Å². The molecule has 0 fully saturated rings. The lowest BCUT2D eigenvalue weighted by Gasteiger charge is -2.24. The number of rotatable bonds is 5. The van der Waals surface area contributed by atoms with Gasteiger partial charge in [0.05, 0.1) is 0 Å². The molecule has 0 radical (unpaired) electrons. The highest BCUT2D eigenvalue weighted by molar-refractivity contribution is 7.98. The molecule has 2 rings (SSSR count). The number of hydrogen-bond acceptors (Lipinski definition) is 5. The van der Waals surface area contributed by atoms with Gasteiger partial charge in [0.2, 0.25) is 0 Å². The molecule has 1 unspecified atom stereocenters. The summed E-state index contributed by atoms with van der Waals surface area (Å²) < 4.78 is 1.39. The molecular weight excluding hydrogens is 276 g/mol. The molecule has 0 saturated carbocycles. The normalized spacial score (nSPS) is 13.9. The minimum atomic E-state index is -1.16. The predicted molar refractivity (Wildman–Crippen MR) is 76.6 cm³/mol. The Bertz CT molecular complexity index is 628. The van der Waals surface area contributed by atoms with Gasteiger partial charge in [0.1, 0.15) is 0 Å². The van der Waals surface area contributed by atoms with Crippen LogP contribution >= 0.6 is 11.8 Å². The van der Waals surface area contributed by atoms with Crippen molar-refractivity contribution in [3.63, 3.8) is 0 Å². The van der Waals surface area contributed by atoms with Crippen molar-refractivity contribution in [3.05, 3.63) is 24.3 Å². The van der Waals surface area contributed by atoms with Crippen LogP contribution in [0.15, 0.2) is 29.2 Å². The third-order valence-electron chi connectivity index (χ3n) is 3.43. The van der Waals surface area contributed by atoms with E-state index in [9.17, 15) is 9.90 Å². The third kappa shape index (κ3) is 2.29. The van der Waals surface area contributed by atoms with E-state index in [0.717, 1.165) is 10.5 Å². The number of carbonyl (C=O) groups is 1. The molecule has 1 aromatic heterocycles. The summed E-state index contributed by atoms with van der Waals surface area (Å²) in [6, 6.07) is 7.67. The third-order valence-corrected chi connectivity index (χ3v) is 4.23. The Morgan fingerprint density at radius 3 is 2.75 bits per heavy atom. The maximum Gasteiger partial charge on any atom is 0.331 e. The molecule has 0 amide bonds. The van der Waals surface area contributed by atoms with Gasteiger partial charge in [0.25, 0.3) is 0 Å². The van der Waals surface area contributed by atoms with Crippen LogP contribution in [0.5, 0.6) is 0 Å². The number of tetrazole rings is 1. The molecule has 1 atom stereocenters. The first-order valence-corrected chi connectivity index (χ1v) is 7.42. The second-order valence-corrected chi connectivity index (χ2v) is 5.40. The fraction of sp³-hybridized carbons (Fsp3) is 0.385. The van der Waals surface area contributed by atoms with Crippen LogP contribution in [0.3, 0.4) is 0 Å². The highest BCUT2D eigenvalue weighted by atomic mass is 32.2. The zero-order chi connectivity index (χ0) is 14.8. The summed E-state index contributed by atoms with van der Waals surface area (Å²) in [5, 5.41) is 21.1. The fourth-order valence-corrected chi connectivity index (χ4v) is 2.50. The van der Waals surface area contributed by atoms with E-state index >= 15 is 0 Å². The number of hydrogen-bond donors (Lipinski definition) is 1. The topological polar surface area (TPSA) is 80.9 Å². The Kier molecular flexibility index (Phi) is 4.08. The summed E-state index contributed by atoms with van der Waals surface area (Å²) in [6.07, 6.45) is 2.35. The lowest BCUT2D eigenvalue weighted by molar-refractivity contribution is -0.147. The van der Waals surface area contributed by atoms with Gasteiger partial charge in [-0.3, -0.25) is 0 Å². The smallest absolute Gasteiger partial charge is 0.331 e. The van der Waals surface area contributed by atoms with Gasteiger partial charge >= 0.3 is 5.97 Å². The number of carboxylic acid groups (broad SMARTS) is 1. The van der Waals surface area contributed by atoms with E-state index in [2.05, 4.69) is 15.5 Å². The van der Waals surface area contributed by atoms with E-state index in [1.54, 1.807) is 25.6 Å². The average Bonchev–Trinajstić information content (AvgIpc) is 2.95. The van der Waals surface area contributed by atoms with Crippen LogP contribution in [0.4, 0.5) is 0 Å². The summed E-state index contributed by atoms with van der Waals surface area (Å²) in [5.74, 6) is -0.475. The SMILES string of the molecule is CCC(C)(C(=O)O)n1nnnc1-c1ccccc1SC. The number of thioether (sulfide) groups is 1. The van der Waals surface area contributed by atoms with Crippen molar-refractivity contribution in [1.82, 2.24) is 20.2 Å². The van der Waals surface area contributed by atoms with Gasteiger partial charge in [-0.15, -0.1) is 16.9 Å². The summed E-state index contributed by atoms with van der Waals surface area (Å²) >= 11 is 1.57. The Morgan fingerprint density at radius 2 is 2.15 bits per heavy atom. The molecule has 0 bridgehead atoms. The molecule has 1 heterocycles. The monoisotopic (exact) mass is 292 g/mol. The first-order valence-electron chi connectivity index (χ1n) is 6.20. The first kappa shape index (κ1) is 14.5. The molecular formula is C13H16N4O2S. The number of nitrogens with zero attached hydrogens (tertiary/aromatic N) is 4. The summed E-state index contributed by atoms with van der Waals surface area (Å²) in [6.45, 7) is 3.43. The molecule has 106 valence electrons. The van der Waals surface area contributed by atoms with Crippen LogP contribution in [0.1, 0.15) is 20.3 Å². The van der Waals surface area contributed by atoms with Crippen molar-refractivity contribution in [3.8, 4) is 11.4 Å². The second kappa shape index (κ2) is 5.62. The van der Waals surface area contributed by atoms with Gasteiger partial charge in [-0.25, -0.2) is 9.48 Å². The van der Waals surface area contributed by atoms with Gasteiger partial charge in [0.15, 0.2) is 11.4 Å². The number of benzene rings is 1. The Hall–Kier alpha value is -1.89. The molecule has 0 aliphatic heterocycles. The zero-order valence-corrected chi connectivity index (χ0v) is 12.4. The minimum Gasteiger partial charge on any atom is -0.479 e. The molecule has 1 N–H and O–H groups in total. The van der Waals surface area contributed by atoms with Gasteiger partial charge < -0.3 is 5.11 Å². The van der Waals surface area contributed by atoms with E-state index in [-0.39, 0.29) is 0 Å². The molecule has 0 saturated heterocycles. The first-order chi connectivity index (χ1) is 9.54. The Balaban J connectivity index is 2.62. The van der Waals surface area contributed by atoms with E-state index in [4.69, 9.17) is 0 Å². The molecule has 20 heavy (non-hydrogen) atoms. The number of aliphatic carboxylic acids is 1. The lowest BCUT2D eigenvalue weighted by atomic mass is 9.99. The van der Waals surface area contributed by atoms with Gasteiger partial charge in [-0.2, -0.15) is 0 Å². The molecule has 7 heteroatoms. The Labute approximate surface area is 121 Å². The van der Waals surface area contributed by atoms with E-state index < -0.39 is 11.5 Å². The van der Waals surface area contributed by atoms with E-state index in [1.165, 1.54) is 4.68 Å². The Morgan fingerprint density at radius 1 is 1.45 bits per heavy atom. The second-order valence-electron chi connectivity index (χ2n) is 4.55. The average molecular weight is 292 g/mol. The van der Waals surface area contributed by atoms with Crippen LogP contribution in [-0.4, -0.2) is 37.5 Å². The molecule has 2 aromatic rings. The number of carboxylic acids is 1. The standard InChI is InChI=1S/C13H16N4O2S/c1-4-13(2,12(18)19)17-11(14-15-16-17)9-7-5-6-8-10(9)20-3/h5-8H,4H2,1-3H3,(H,18,19). The van der Waals surface area contributed by atoms with Crippen molar-refractivity contribution in [1.29, 1.82) is 0 Å². The van der Waals surface area contributed by atoms with Crippen LogP contribution < -0.4 is 0 Å². The lowest BCUT2D eigenvalue weighted by Crippen LogP contribution is -2.39. The highest BCUT2D eigenvalue weighted by Crippen LogP contribution is 2.31. The molecule has 0 spiro atoms. The fourth-order valence-electron chi connectivity index (χ4n) is 1.91. The van der Waals surface area contributed by atoms with Crippen molar-refractivity contribution >= 4 is 17.7 Å². The maximum absolute atomic E-state index is 11.6. The van der Waals surface area contributed by atoms with Crippen molar-refractivity contribution in [2.45, 2.75) is 30.7 Å². The van der Waals surface area contributed by atoms with Crippen LogP contribution in [-0.2, 0) is 10.3 Å². The zero-order valence-electron chi connectivity index (χ0n) is 11.6. The molecule has 0 aliphatic carbocycles. The molecule has 0 aliphatic rings. The maximum atomic E-state index is 11.6. The van der Waals surface area contributed by atoms with E-state index in [0.29, 0.717) is 12.2 Å². The van der Waals surface area contributed by atoms with E-state index in [1.807, 2.05) is 30.5 Å². The highest BCUT2D eigenvalue weighted by Gasteiger charge is 2.37. The summed E-state index contributed by atoms with van der Waals surface area (Å²) in [7, 11) is 0. The minimum absolute atomic E-state index is 0.391. The largest absolute Gasteiger partial charge is 0.479 e.